The Morgan fingerprint density at radius 3 is 2.62 bits per heavy atom. The van der Waals surface area contributed by atoms with Crippen molar-refractivity contribution in [3.63, 3.8) is 0 Å². The molecule has 0 atom stereocenters. The smallest absolute Gasteiger partial charge is 0.261 e. The molecule has 26 heavy (non-hydrogen) atoms. The van der Waals surface area contributed by atoms with Crippen molar-refractivity contribution in [2.75, 3.05) is 20.1 Å². The maximum absolute atomic E-state index is 12.3. The van der Waals surface area contributed by atoms with Gasteiger partial charge in [0.25, 0.3) is 5.91 Å². The van der Waals surface area contributed by atoms with Gasteiger partial charge in [-0.2, -0.15) is 0 Å². The fourth-order valence-corrected chi connectivity index (χ4v) is 3.67. The molecule has 0 saturated carbocycles. The Morgan fingerprint density at radius 2 is 1.85 bits per heavy atom. The van der Waals surface area contributed by atoms with Crippen LogP contribution in [0.1, 0.15) is 21.7 Å². The lowest BCUT2D eigenvalue weighted by atomic mass is 10.2. The van der Waals surface area contributed by atoms with E-state index in [1.165, 1.54) is 16.9 Å². The summed E-state index contributed by atoms with van der Waals surface area (Å²) in [5.41, 5.74) is 2.40. The standard InChI is InChI=1S/C21H23N3OS/c1-24(16-17-6-3-2-4-7-17)15-5-12-23-21(25)20-9-8-19(26-20)18-10-13-22-14-11-18/h2-4,6-11,13-14H,5,12,15-16H2,1H3,(H,23,25). The molecule has 5 heteroatoms. The summed E-state index contributed by atoms with van der Waals surface area (Å²) in [6, 6.07) is 18.2. The molecule has 0 unspecified atom stereocenters. The van der Waals surface area contributed by atoms with Gasteiger partial charge in [-0.15, -0.1) is 11.3 Å². The molecule has 4 nitrogen and oxygen atoms in total. The van der Waals surface area contributed by atoms with Gasteiger partial charge in [0.15, 0.2) is 0 Å². The fraction of sp³-hybridized carbons (Fsp3) is 0.238. The van der Waals surface area contributed by atoms with Crippen LogP contribution < -0.4 is 5.32 Å². The van der Waals surface area contributed by atoms with Gasteiger partial charge in [0.1, 0.15) is 0 Å². The van der Waals surface area contributed by atoms with E-state index in [1.807, 2.05) is 30.3 Å². The Balaban J connectivity index is 1.41. The van der Waals surface area contributed by atoms with E-state index in [4.69, 9.17) is 0 Å². The van der Waals surface area contributed by atoms with Gasteiger partial charge in [-0.1, -0.05) is 30.3 Å². The van der Waals surface area contributed by atoms with Crippen LogP contribution in [0.15, 0.2) is 67.0 Å². The van der Waals surface area contributed by atoms with Crippen LogP contribution in [0.5, 0.6) is 0 Å². The molecule has 1 aromatic carbocycles. The SMILES string of the molecule is CN(CCCNC(=O)c1ccc(-c2ccncc2)s1)Cc1ccccc1. The Morgan fingerprint density at radius 1 is 1.08 bits per heavy atom. The number of hydrogen-bond acceptors (Lipinski definition) is 4. The highest BCUT2D eigenvalue weighted by molar-refractivity contribution is 7.17. The monoisotopic (exact) mass is 365 g/mol. The minimum absolute atomic E-state index is 0.000943. The molecule has 0 aliphatic carbocycles. The predicted molar refractivity (Wildman–Crippen MR) is 107 cm³/mol. The highest BCUT2D eigenvalue weighted by atomic mass is 32.1. The molecule has 0 saturated heterocycles. The summed E-state index contributed by atoms with van der Waals surface area (Å²) in [6.07, 6.45) is 4.46. The average molecular weight is 366 g/mol. The van der Waals surface area contributed by atoms with Crippen LogP contribution >= 0.6 is 11.3 Å². The summed E-state index contributed by atoms with van der Waals surface area (Å²) >= 11 is 1.51. The lowest BCUT2D eigenvalue weighted by Crippen LogP contribution is -2.27. The number of pyridine rings is 1. The zero-order valence-corrected chi connectivity index (χ0v) is 15.7. The van der Waals surface area contributed by atoms with Crippen LogP contribution in [0.4, 0.5) is 0 Å². The summed E-state index contributed by atoms with van der Waals surface area (Å²) in [5.74, 6) is 0.000943. The number of nitrogens with one attached hydrogen (secondary N) is 1. The second-order valence-corrected chi connectivity index (χ2v) is 7.32. The van der Waals surface area contributed by atoms with Crippen LogP contribution in [-0.2, 0) is 6.54 Å². The number of rotatable bonds is 8. The minimum Gasteiger partial charge on any atom is -0.351 e. The molecule has 134 valence electrons. The third-order valence-corrected chi connectivity index (χ3v) is 5.23. The van der Waals surface area contributed by atoms with Crippen molar-refractivity contribution in [3.05, 3.63) is 77.4 Å². The van der Waals surface area contributed by atoms with Crippen molar-refractivity contribution < 1.29 is 4.79 Å². The lowest BCUT2D eigenvalue weighted by molar-refractivity contribution is 0.0956. The van der Waals surface area contributed by atoms with Crippen molar-refractivity contribution in [1.29, 1.82) is 0 Å². The molecule has 1 amide bonds. The van der Waals surface area contributed by atoms with E-state index >= 15 is 0 Å². The molecule has 3 aromatic rings. The minimum atomic E-state index is 0.000943. The van der Waals surface area contributed by atoms with Gasteiger partial charge in [-0.3, -0.25) is 9.78 Å². The van der Waals surface area contributed by atoms with E-state index < -0.39 is 0 Å². The first kappa shape index (κ1) is 18.3. The lowest BCUT2D eigenvalue weighted by Gasteiger charge is -2.16. The summed E-state index contributed by atoms with van der Waals surface area (Å²) in [4.78, 5) is 20.4. The first-order chi connectivity index (χ1) is 12.7. The predicted octanol–water partition coefficient (Wildman–Crippen LogP) is 4.06. The number of amides is 1. The van der Waals surface area contributed by atoms with Crippen molar-refractivity contribution in [1.82, 2.24) is 15.2 Å². The average Bonchev–Trinajstić information content (AvgIpc) is 3.17. The van der Waals surface area contributed by atoms with Crippen LogP contribution in [0, 0.1) is 0 Å². The quantitative estimate of drug-likeness (QED) is 0.612. The van der Waals surface area contributed by atoms with Gasteiger partial charge < -0.3 is 10.2 Å². The molecule has 0 spiro atoms. The van der Waals surface area contributed by atoms with Crippen LogP contribution in [-0.4, -0.2) is 35.9 Å². The second kappa shape index (κ2) is 9.27. The number of carbonyl (C=O) groups excluding carboxylic acids is 1. The molecule has 2 heterocycles. The molecule has 1 N–H and O–H groups in total. The maximum atomic E-state index is 12.3. The maximum Gasteiger partial charge on any atom is 0.261 e. The van der Waals surface area contributed by atoms with E-state index in [2.05, 4.69) is 46.5 Å². The molecular weight excluding hydrogens is 342 g/mol. The van der Waals surface area contributed by atoms with Crippen molar-refractivity contribution in [2.24, 2.45) is 0 Å². The summed E-state index contributed by atoms with van der Waals surface area (Å²) in [6.45, 7) is 2.55. The summed E-state index contributed by atoms with van der Waals surface area (Å²) in [7, 11) is 2.11. The van der Waals surface area contributed by atoms with Gasteiger partial charge in [-0.05, 0) is 55.4 Å². The summed E-state index contributed by atoms with van der Waals surface area (Å²) in [5, 5.41) is 3.02. The van der Waals surface area contributed by atoms with Crippen LogP contribution in [0.3, 0.4) is 0 Å². The third-order valence-electron chi connectivity index (χ3n) is 4.09. The number of hydrogen-bond donors (Lipinski definition) is 1. The van der Waals surface area contributed by atoms with Gasteiger partial charge in [0, 0.05) is 30.4 Å². The molecule has 3 rings (SSSR count). The second-order valence-electron chi connectivity index (χ2n) is 6.23. The van der Waals surface area contributed by atoms with E-state index in [0.29, 0.717) is 6.54 Å². The normalized spacial score (nSPS) is 10.8. The highest BCUT2D eigenvalue weighted by Crippen LogP contribution is 2.27. The van der Waals surface area contributed by atoms with Crippen molar-refractivity contribution in [3.8, 4) is 10.4 Å². The zero-order chi connectivity index (χ0) is 18.2. The van der Waals surface area contributed by atoms with Gasteiger partial charge in [0.05, 0.1) is 4.88 Å². The topological polar surface area (TPSA) is 45.2 Å². The van der Waals surface area contributed by atoms with Crippen LogP contribution in [0.25, 0.3) is 10.4 Å². The number of thiophene rings is 1. The largest absolute Gasteiger partial charge is 0.351 e. The third kappa shape index (κ3) is 5.25. The molecule has 0 aliphatic rings. The van der Waals surface area contributed by atoms with E-state index in [-0.39, 0.29) is 5.91 Å². The molecular formula is C21H23N3OS. The molecule has 0 radical (unpaired) electrons. The number of carbonyl (C=O) groups is 1. The summed E-state index contributed by atoms with van der Waals surface area (Å²) < 4.78 is 0. The molecule has 0 fully saturated rings. The first-order valence-electron chi connectivity index (χ1n) is 8.73. The van der Waals surface area contributed by atoms with Gasteiger partial charge in [0.2, 0.25) is 0 Å². The molecule has 0 bridgehead atoms. The van der Waals surface area contributed by atoms with E-state index in [1.54, 1.807) is 12.4 Å². The Bertz CT molecular complexity index is 818. The van der Waals surface area contributed by atoms with Gasteiger partial charge >= 0.3 is 0 Å². The highest BCUT2D eigenvalue weighted by Gasteiger charge is 2.10. The Hall–Kier alpha value is -2.50. The Kier molecular flexibility index (Phi) is 6.52. The van der Waals surface area contributed by atoms with Crippen LogP contribution in [0.2, 0.25) is 0 Å². The van der Waals surface area contributed by atoms with E-state index in [0.717, 1.165) is 34.8 Å². The van der Waals surface area contributed by atoms with Gasteiger partial charge in [-0.25, -0.2) is 0 Å². The number of benzene rings is 1. The number of nitrogens with zero attached hydrogens (tertiary/aromatic N) is 2. The number of aromatic nitrogens is 1. The molecule has 2 aromatic heterocycles. The zero-order valence-electron chi connectivity index (χ0n) is 14.9. The molecule has 0 aliphatic heterocycles. The Labute approximate surface area is 158 Å². The van der Waals surface area contributed by atoms with Crippen molar-refractivity contribution >= 4 is 17.2 Å². The fourth-order valence-electron chi connectivity index (χ4n) is 2.74. The first-order valence-corrected chi connectivity index (χ1v) is 9.55. The van der Waals surface area contributed by atoms with E-state index in [9.17, 15) is 4.79 Å². The van der Waals surface area contributed by atoms with Crippen molar-refractivity contribution in [2.45, 2.75) is 13.0 Å².